The summed E-state index contributed by atoms with van der Waals surface area (Å²) in [7, 11) is 5.74. The number of aromatic nitrogens is 3. The van der Waals surface area contributed by atoms with E-state index < -0.39 is 28.9 Å². The number of nitrogens with two attached hydrogens (primary N) is 2. The second-order valence-corrected chi connectivity index (χ2v) is 13.0. The number of nitro groups is 1. The lowest BCUT2D eigenvalue weighted by Crippen LogP contribution is -2.32. The zero-order valence-corrected chi connectivity index (χ0v) is 31.0. The van der Waals surface area contributed by atoms with Crippen LogP contribution in [0, 0.1) is 67.9 Å². The highest BCUT2D eigenvalue weighted by atomic mass is 16.6. The van der Waals surface area contributed by atoms with Gasteiger partial charge in [0.05, 0.1) is 15.8 Å². The highest BCUT2D eigenvalue weighted by Gasteiger charge is 2.25. The minimum absolute atomic E-state index is 0.00868. The van der Waals surface area contributed by atoms with E-state index in [0.29, 0.717) is 28.5 Å². The zero-order valence-electron chi connectivity index (χ0n) is 31.0. The van der Waals surface area contributed by atoms with E-state index >= 15 is 0 Å². The van der Waals surface area contributed by atoms with Gasteiger partial charge in [0, 0.05) is 90.2 Å². The van der Waals surface area contributed by atoms with Crippen LogP contribution in [0.1, 0.15) is 44.9 Å². The molecule has 2 atom stereocenters. The van der Waals surface area contributed by atoms with Crippen LogP contribution in [0.3, 0.4) is 0 Å². The molecule has 12 nitrogen and oxygen atoms in total. The van der Waals surface area contributed by atoms with Gasteiger partial charge in [-0.1, -0.05) is 29.9 Å². The number of fused-ring (bicyclic) bond motifs is 3. The molecule has 3 heterocycles. The summed E-state index contributed by atoms with van der Waals surface area (Å²) in [6, 6.07) is 14.9. The summed E-state index contributed by atoms with van der Waals surface area (Å²) in [6.45, 7) is 5.82. The summed E-state index contributed by atoms with van der Waals surface area (Å²) >= 11 is 0. The molecule has 0 aliphatic heterocycles. The smallest absolute Gasteiger partial charge is 0.320 e. The number of nitro benzene ring substituents is 1. The van der Waals surface area contributed by atoms with E-state index in [1.807, 2.05) is 48.9 Å². The molecule has 54 heavy (non-hydrogen) atoms. The van der Waals surface area contributed by atoms with Gasteiger partial charge in [0.15, 0.2) is 0 Å². The van der Waals surface area contributed by atoms with Gasteiger partial charge in [-0.25, -0.2) is 0 Å². The van der Waals surface area contributed by atoms with Crippen molar-refractivity contribution in [2.75, 3.05) is 0 Å². The Morgan fingerprint density at radius 2 is 1.20 bits per heavy atom. The van der Waals surface area contributed by atoms with E-state index in [0.717, 1.165) is 39.0 Å². The van der Waals surface area contributed by atoms with Crippen molar-refractivity contribution in [1.29, 1.82) is 0 Å². The number of carbonyl (C=O) groups is 2. The summed E-state index contributed by atoms with van der Waals surface area (Å²) in [5.41, 5.74) is 20.5. The molecule has 3 aromatic heterocycles. The number of non-ortho nitro benzene ring substituents is 1. The van der Waals surface area contributed by atoms with Crippen molar-refractivity contribution in [2.24, 2.45) is 32.6 Å². The van der Waals surface area contributed by atoms with Crippen molar-refractivity contribution < 1.29 is 24.7 Å². The molecule has 0 bridgehead atoms. The lowest BCUT2D eigenvalue weighted by Gasteiger charge is -2.07. The van der Waals surface area contributed by atoms with Crippen molar-refractivity contribution in [3.05, 3.63) is 110 Å². The summed E-state index contributed by atoms with van der Waals surface area (Å²) < 4.78 is 5.92. The molecular weight excluding hydrogens is 684 g/mol. The summed E-state index contributed by atoms with van der Waals surface area (Å²) in [5.74, 6) is 5.49. The molecule has 0 amide bonds. The molecule has 6 N–H and O–H groups in total. The molecule has 12 heteroatoms. The third-order valence-corrected chi connectivity index (χ3v) is 9.79. The van der Waals surface area contributed by atoms with Gasteiger partial charge in [-0.15, -0.1) is 19.3 Å². The fraction of sp³-hybridized carbons (Fsp3) is 0.238. The van der Waals surface area contributed by atoms with Gasteiger partial charge in [0.1, 0.15) is 12.1 Å². The Hall–Kier alpha value is -6.78. The number of nitrogens with zero attached hydrogens (tertiary/aromatic N) is 4. The molecule has 276 valence electrons. The number of rotatable bonds is 7. The van der Waals surface area contributed by atoms with E-state index in [1.54, 1.807) is 24.6 Å². The monoisotopic (exact) mass is 726 g/mol. The van der Waals surface area contributed by atoms with Crippen molar-refractivity contribution in [1.82, 2.24) is 13.7 Å². The third kappa shape index (κ3) is 7.99. The molecule has 6 rings (SSSR count). The predicted octanol–water partition coefficient (Wildman–Crippen LogP) is 5.22. The van der Waals surface area contributed by atoms with Crippen LogP contribution in [0.15, 0.2) is 54.6 Å². The van der Waals surface area contributed by atoms with Crippen LogP contribution in [0.25, 0.3) is 32.7 Å². The highest BCUT2D eigenvalue weighted by Crippen LogP contribution is 2.35. The average molecular weight is 727 g/mol. The van der Waals surface area contributed by atoms with Crippen molar-refractivity contribution in [2.45, 2.75) is 45.7 Å². The molecule has 0 radical (unpaired) electrons. The first kappa shape index (κ1) is 40.0. The Balaban J connectivity index is 0.000000186. The second kappa shape index (κ2) is 16.3. The number of benzene rings is 3. The van der Waals surface area contributed by atoms with Crippen LogP contribution in [0.2, 0.25) is 0 Å². The molecule has 0 spiro atoms. The van der Waals surface area contributed by atoms with Crippen LogP contribution >= 0.6 is 0 Å². The van der Waals surface area contributed by atoms with E-state index in [1.165, 1.54) is 22.7 Å². The number of hydrogen-bond donors (Lipinski definition) is 4. The van der Waals surface area contributed by atoms with Gasteiger partial charge in [-0.05, 0) is 73.7 Å². The first-order chi connectivity index (χ1) is 25.4. The Morgan fingerprint density at radius 3 is 1.74 bits per heavy atom. The highest BCUT2D eigenvalue weighted by molar-refractivity contribution is 5.95. The fourth-order valence-corrected chi connectivity index (χ4v) is 6.39. The number of carboxylic acid groups (broad SMARTS) is 2. The maximum atomic E-state index is 11.4. The number of carboxylic acids is 2. The largest absolute Gasteiger partial charge is 0.480 e. The van der Waals surface area contributed by atoms with E-state index in [9.17, 15) is 19.7 Å². The molecule has 3 aromatic carbocycles. The summed E-state index contributed by atoms with van der Waals surface area (Å²) in [4.78, 5) is 32.7. The lowest BCUT2D eigenvalue weighted by molar-refractivity contribution is -0.383. The minimum atomic E-state index is -1.15. The summed E-state index contributed by atoms with van der Waals surface area (Å²) in [5, 5.41) is 31.9. The topological polar surface area (TPSA) is 185 Å². The Morgan fingerprint density at radius 1 is 0.722 bits per heavy atom. The second-order valence-electron chi connectivity index (χ2n) is 13.0. The van der Waals surface area contributed by atoms with Gasteiger partial charge in [-0.2, -0.15) is 0 Å². The van der Waals surface area contributed by atoms with Gasteiger partial charge < -0.3 is 35.4 Å². The third-order valence-electron chi connectivity index (χ3n) is 9.79. The normalized spacial score (nSPS) is 11.7. The van der Waals surface area contributed by atoms with Crippen molar-refractivity contribution >= 4 is 50.3 Å². The maximum Gasteiger partial charge on any atom is 0.320 e. The summed E-state index contributed by atoms with van der Waals surface area (Å²) in [6.07, 6.45) is 16.4. The Labute approximate surface area is 313 Å². The van der Waals surface area contributed by atoms with Crippen LogP contribution in [-0.2, 0) is 43.6 Å². The number of aliphatic carboxylic acids is 2. The molecule has 2 unspecified atom stereocenters. The van der Waals surface area contributed by atoms with E-state index in [2.05, 4.69) is 48.4 Å². The Kier molecular flexibility index (Phi) is 12.1. The first-order valence-electron chi connectivity index (χ1n) is 16.7. The first-order valence-corrected chi connectivity index (χ1v) is 16.7. The van der Waals surface area contributed by atoms with E-state index in [4.69, 9.17) is 41.0 Å². The quantitative estimate of drug-likeness (QED) is 0.0980. The minimum Gasteiger partial charge on any atom is -0.480 e. The molecule has 0 aliphatic rings. The molecule has 6 aromatic rings. The van der Waals surface area contributed by atoms with Crippen LogP contribution in [0.4, 0.5) is 5.69 Å². The molecule has 0 saturated carbocycles. The van der Waals surface area contributed by atoms with Crippen LogP contribution in [0.5, 0.6) is 0 Å². The predicted molar refractivity (Wildman–Crippen MR) is 212 cm³/mol. The molecule has 0 saturated heterocycles. The van der Waals surface area contributed by atoms with Gasteiger partial charge in [0.2, 0.25) is 0 Å². The number of hydrogen-bond acceptors (Lipinski definition) is 6. The van der Waals surface area contributed by atoms with Gasteiger partial charge >= 0.3 is 11.9 Å². The SMILES string of the molecule is C#Cc1cc([N+](=O)[O-])c2c(CC(N)C(=O)O)c(C)n(C)c2c1.C#Cc1ccc2c(CC(N)C(=O)O)c(C)n(C)c2c1.C#Cc1ccc2cc(C)n(C)c2c1. The standard InChI is InChI=1S/C15H15N3O4.C15H16N2O2.C12H11N/c1-4-9-5-12-14(13(6-9)18(21)22)10(8(2)17(12)3)7-11(16)15(19)20;1-4-10-5-6-11-12(8-13(16)15(18)19)9(2)17(3)14(11)7-10;1-4-10-5-6-11-7-9(2)13(3)12(11)8-10/h1,5-6,11H,7,16H2,2-3H3,(H,19,20);1,5-7,13H,8,16H2,2-3H3,(H,18,19);1,5-8H,2-3H3. The van der Waals surface area contributed by atoms with Crippen LogP contribution < -0.4 is 11.5 Å². The van der Waals surface area contributed by atoms with Crippen LogP contribution in [-0.4, -0.2) is 52.9 Å². The van der Waals surface area contributed by atoms with Gasteiger partial charge in [0.25, 0.3) is 5.69 Å². The fourth-order valence-electron chi connectivity index (χ4n) is 6.39. The molecule has 0 aliphatic carbocycles. The Bertz CT molecular complexity index is 2580. The van der Waals surface area contributed by atoms with Gasteiger partial charge in [-0.3, -0.25) is 19.7 Å². The lowest BCUT2D eigenvalue weighted by atomic mass is 10.0. The van der Waals surface area contributed by atoms with Crippen molar-refractivity contribution in [3.63, 3.8) is 0 Å². The van der Waals surface area contributed by atoms with Crippen molar-refractivity contribution in [3.8, 4) is 37.0 Å². The number of aryl methyl sites for hydroxylation is 4. The molecular formula is C42H42N6O6. The molecule has 0 fully saturated rings. The number of terminal acetylenes is 3. The maximum absolute atomic E-state index is 11.4. The zero-order chi connectivity index (χ0) is 40.2. The van der Waals surface area contributed by atoms with E-state index in [-0.39, 0.29) is 12.1 Å². The average Bonchev–Trinajstić information content (AvgIpc) is 3.67.